The van der Waals surface area contributed by atoms with Crippen molar-refractivity contribution in [1.82, 2.24) is 0 Å². The van der Waals surface area contributed by atoms with Crippen molar-refractivity contribution < 1.29 is 9.90 Å². The number of ketones is 1. The standard InChI is InChI=1S/C19H29BrO2/c1-18-10-8-15(21)17(20)14(18)4-3-11-12-5-6-16(22)19(12,2)9-7-13(11)18/h11-14,16-17,22H,3-10H2,1-2H3/t11?,12?,13?,14-,16?,17?,18?,19?/m1/s1. The number of carbonyl (C=O) groups is 1. The van der Waals surface area contributed by atoms with Gasteiger partial charge < -0.3 is 5.11 Å². The van der Waals surface area contributed by atoms with Gasteiger partial charge in [0.2, 0.25) is 0 Å². The molecule has 0 amide bonds. The number of hydrogen-bond acceptors (Lipinski definition) is 2. The molecule has 0 aromatic rings. The summed E-state index contributed by atoms with van der Waals surface area (Å²) < 4.78 is 0. The molecule has 0 aliphatic heterocycles. The third-order valence-electron chi connectivity index (χ3n) is 8.46. The number of aliphatic hydroxyl groups is 1. The van der Waals surface area contributed by atoms with Gasteiger partial charge in [-0.3, -0.25) is 4.79 Å². The van der Waals surface area contributed by atoms with E-state index < -0.39 is 0 Å². The fraction of sp³-hybridized carbons (Fsp3) is 0.947. The third kappa shape index (κ3) is 1.90. The van der Waals surface area contributed by atoms with Crippen molar-refractivity contribution in [3.63, 3.8) is 0 Å². The number of rotatable bonds is 0. The predicted octanol–water partition coefficient (Wildman–Crippen LogP) is 4.33. The maximum absolute atomic E-state index is 12.1. The minimum absolute atomic E-state index is 0.0826. The Morgan fingerprint density at radius 2 is 1.64 bits per heavy atom. The first-order valence-electron chi connectivity index (χ1n) is 9.23. The van der Waals surface area contributed by atoms with Crippen LogP contribution >= 0.6 is 15.9 Å². The van der Waals surface area contributed by atoms with E-state index in [0.717, 1.165) is 31.1 Å². The molecule has 4 aliphatic rings. The summed E-state index contributed by atoms with van der Waals surface area (Å²) in [6.07, 6.45) is 8.90. The van der Waals surface area contributed by atoms with Gasteiger partial charge in [0.25, 0.3) is 0 Å². The van der Waals surface area contributed by atoms with Crippen LogP contribution in [0.25, 0.3) is 0 Å². The van der Waals surface area contributed by atoms with Crippen molar-refractivity contribution in [2.75, 3.05) is 0 Å². The molecule has 4 aliphatic carbocycles. The number of aliphatic hydroxyl groups excluding tert-OH is 1. The lowest BCUT2D eigenvalue weighted by Gasteiger charge is -2.60. The van der Waals surface area contributed by atoms with Gasteiger partial charge in [-0.25, -0.2) is 0 Å². The predicted molar refractivity (Wildman–Crippen MR) is 90.8 cm³/mol. The van der Waals surface area contributed by atoms with Gasteiger partial charge in [0, 0.05) is 6.42 Å². The highest BCUT2D eigenvalue weighted by molar-refractivity contribution is 9.10. The van der Waals surface area contributed by atoms with E-state index in [1.807, 2.05) is 0 Å². The summed E-state index contributed by atoms with van der Waals surface area (Å²) in [7, 11) is 0. The van der Waals surface area contributed by atoms with E-state index in [1.165, 1.54) is 32.1 Å². The lowest BCUT2D eigenvalue weighted by Crippen LogP contribution is -2.56. The smallest absolute Gasteiger partial charge is 0.146 e. The second kappa shape index (κ2) is 5.05. The van der Waals surface area contributed by atoms with E-state index in [4.69, 9.17) is 0 Å². The maximum Gasteiger partial charge on any atom is 0.146 e. The van der Waals surface area contributed by atoms with Gasteiger partial charge in [0.1, 0.15) is 5.78 Å². The number of fused-ring (bicyclic) bond motifs is 5. The van der Waals surface area contributed by atoms with E-state index in [2.05, 4.69) is 29.8 Å². The van der Waals surface area contributed by atoms with Crippen LogP contribution in [-0.2, 0) is 4.79 Å². The van der Waals surface area contributed by atoms with Crippen LogP contribution in [0.5, 0.6) is 0 Å². The molecule has 0 bridgehead atoms. The average molecular weight is 369 g/mol. The monoisotopic (exact) mass is 368 g/mol. The fourth-order valence-corrected chi connectivity index (χ4v) is 8.16. The summed E-state index contributed by atoms with van der Waals surface area (Å²) in [6.45, 7) is 4.82. The van der Waals surface area contributed by atoms with E-state index in [9.17, 15) is 9.90 Å². The van der Waals surface area contributed by atoms with Crippen LogP contribution in [0.4, 0.5) is 0 Å². The normalized spacial score (nSPS) is 57.9. The van der Waals surface area contributed by atoms with Crippen LogP contribution in [-0.4, -0.2) is 21.8 Å². The van der Waals surface area contributed by atoms with Crippen LogP contribution in [0.1, 0.15) is 65.2 Å². The number of hydrogen-bond donors (Lipinski definition) is 1. The molecule has 0 radical (unpaired) electrons. The highest BCUT2D eigenvalue weighted by atomic mass is 79.9. The quantitative estimate of drug-likeness (QED) is 0.646. The number of alkyl halides is 1. The first kappa shape index (κ1) is 15.6. The Morgan fingerprint density at radius 3 is 2.41 bits per heavy atom. The van der Waals surface area contributed by atoms with Gasteiger partial charge in [-0.1, -0.05) is 29.8 Å². The summed E-state index contributed by atoms with van der Waals surface area (Å²) in [4.78, 5) is 12.2. The molecule has 4 rings (SSSR count). The minimum atomic E-state index is -0.0826. The van der Waals surface area contributed by atoms with E-state index >= 15 is 0 Å². The highest BCUT2D eigenvalue weighted by Gasteiger charge is 2.61. The Morgan fingerprint density at radius 1 is 0.955 bits per heavy atom. The Bertz CT molecular complexity index is 492. The lowest BCUT2D eigenvalue weighted by atomic mass is 9.45. The van der Waals surface area contributed by atoms with Gasteiger partial charge in [0.05, 0.1) is 10.9 Å². The van der Waals surface area contributed by atoms with Crippen LogP contribution in [0.3, 0.4) is 0 Å². The van der Waals surface area contributed by atoms with Crippen molar-refractivity contribution in [3.8, 4) is 0 Å². The second-order valence-electron chi connectivity index (χ2n) is 9.07. The largest absolute Gasteiger partial charge is 0.393 e. The summed E-state index contributed by atoms with van der Waals surface area (Å²) in [6, 6.07) is 0. The Balaban J connectivity index is 1.65. The zero-order valence-electron chi connectivity index (χ0n) is 13.9. The number of carbonyl (C=O) groups excluding carboxylic acids is 1. The van der Waals surface area contributed by atoms with Crippen molar-refractivity contribution >= 4 is 21.7 Å². The second-order valence-corrected chi connectivity index (χ2v) is 10.1. The number of halogens is 1. The molecule has 4 fully saturated rings. The van der Waals surface area contributed by atoms with Gasteiger partial charge in [0.15, 0.2) is 0 Å². The van der Waals surface area contributed by atoms with Gasteiger partial charge in [-0.15, -0.1) is 0 Å². The molecular weight excluding hydrogens is 340 g/mol. The summed E-state index contributed by atoms with van der Waals surface area (Å²) in [5.74, 6) is 3.22. The molecule has 1 N–H and O–H groups in total. The van der Waals surface area contributed by atoms with E-state index in [1.54, 1.807) is 0 Å². The number of Topliss-reactive ketones (excluding diaryl/α,β-unsaturated/α-hetero) is 1. The van der Waals surface area contributed by atoms with Gasteiger partial charge in [-0.2, -0.15) is 0 Å². The van der Waals surface area contributed by atoms with Crippen molar-refractivity contribution in [2.24, 2.45) is 34.5 Å². The molecule has 2 nitrogen and oxygen atoms in total. The molecule has 8 atom stereocenters. The molecular formula is C19H29BrO2. The Kier molecular flexibility index (Phi) is 3.59. The minimum Gasteiger partial charge on any atom is -0.393 e. The molecule has 0 saturated heterocycles. The van der Waals surface area contributed by atoms with E-state index in [-0.39, 0.29) is 16.3 Å². The summed E-state index contributed by atoms with van der Waals surface area (Å²) in [5.41, 5.74) is 0.502. The average Bonchev–Trinajstić information content (AvgIpc) is 2.79. The topological polar surface area (TPSA) is 37.3 Å². The van der Waals surface area contributed by atoms with Crippen LogP contribution < -0.4 is 0 Å². The molecule has 124 valence electrons. The van der Waals surface area contributed by atoms with E-state index in [0.29, 0.717) is 23.0 Å². The summed E-state index contributed by atoms with van der Waals surface area (Å²) in [5, 5.41) is 10.5. The van der Waals surface area contributed by atoms with Crippen molar-refractivity contribution in [2.45, 2.75) is 76.1 Å². The van der Waals surface area contributed by atoms with Gasteiger partial charge in [-0.05, 0) is 79.4 Å². The van der Waals surface area contributed by atoms with Crippen LogP contribution in [0, 0.1) is 34.5 Å². The zero-order chi connectivity index (χ0) is 15.7. The molecule has 0 heterocycles. The molecule has 22 heavy (non-hydrogen) atoms. The molecule has 7 unspecified atom stereocenters. The maximum atomic E-state index is 12.1. The van der Waals surface area contributed by atoms with Crippen molar-refractivity contribution in [1.29, 1.82) is 0 Å². The molecule has 4 saturated carbocycles. The van der Waals surface area contributed by atoms with Gasteiger partial charge >= 0.3 is 0 Å². The molecule has 3 heteroatoms. The third-order valence-corrected chi connectivity index (χ3v) is 9.61. The van der Waals surface area contributed by atoms with Crippen molar-refractivity contribution in [3.05, 3.63) is 0 Å². The van der Waals surface area contributed by atoms with Crippen LogP contribution in [0.2, 0.25) is 0 Å². The Hall–Kier alpha value is 0.110. The van der Waals surface area contributed by atoms with Crippen LogP contribution in [0.15, 0.2) is 0 Å². The Labute approximate surface area is 142 Å². The fourth-order valence-electron chi connectivity index (χ4n) is 7.06. The molecule has 0 aromatic carbocycles. The first-order chi connectivity index (χ1) is 10.4. The molecule has 0 spiro atoms. The lowest BCUT2D eigenvalue weighted by molar-refractivity contribution is -0.140. The molecule has 0 aromatic heterocycles. The highest BCUT2D eigenvalue weighted by Crippen LogP contribution is 2.66. The first-order valence-corrected chi connectivity index (χ1v) is 10.1. The zero-order valence-corrected chi connectivity index (χ0v) is 15.4. The SMILES string of the molecule is CC12CCC3C(CC[C@@H]4C(Br)C(=O)CCC34C)C1CCC2O. The summed E-state index contributed by atoms with van der Waals surface area (Å²) >= 11 is 3.73.